The SMILES string of the molecule is C[C@@H]1CN(C(=O)c2scc3c2CCCC3)CC[C@@]1(O)C1CCOCC1. The van der Waals surface area contributed by atoms with Gasteiger partial charge >= 0.3 is 0 Å². The fourth-order valence-electron chi connectivity index (χ4n) is 4.97. The molecular weight excluding hydrogens is 334 g/mol. The van der Waals surface area contributed by atoms with E-state index in [1.807, 2.05) is 4.90 Å². The topological polar surface area (TPSA) is 49.8 Å². The first-order chi connectivity index (χ1) is 12.1. The number of fused-ring (bicyclic) bond motifs is 1. The molecule has 0 saturated carbocycles. The van der Waals surface area contributed by atoms with Crippen molar-refractivity contribution in [2.45, 2.75) is 57.5 Å². The van der Waals surface area contributed by atoms with Crippen molar-refractivity contribution in [3.8, 4) is 0 Å². The Morgan fingerprint density at radius 1 is 1.32 bits per heavy atom. The van der Waals surface area contributed by atoms with Crippen LogP contribution in [0, 0.1) is 11.8 Å². The summed E-state index contributed by atoms with van der Waals surface area (Å²) in [7, 11) is 0. The maximum Gasteiger partial charge on any atom is 0.264 e. The minimum Gasteiger partial charge on any atom is -0.389 e. The second-order valence-electron chi connectivity index (χ2n) is 8.06. The highest BCUT2D eigenvalue weighted by Crippen LogP contribution is 2.40. The predicted molar refractivity (Wildman–Crippen MR) is 99.1 cm³/mol. The van der Waals surface area contributed by atoms with Gasteiger partial charge in [-0.2, -0.15) is 0 Å². The van der Waals surface area contributed by atoms with Gasteiger partial charge in [-0.3, -0.25) is 4.79 Å². The van der Waals surface area contributed by atoms with Crippen molar-refractivity contribution < 1.29 is 14.6 Å². The molecular formula is C20H29NO3S. The number of likely N-dealkylation sites (tertiary alicyclic amines) is 1. The molecule has 0 bridgehead atoms. The highest BCUT2D eigenvalue weighted by molar-refractivity contribution is 7.12. The zero-order valence-corrected chi connectivity index (χ0v) is 15.9. The zero-order valence-electron chi connectivity index (χ0n) is 15.1. The number of ether oxygens (including phenoxy) is 1. The van der Waals surface area contributed by atoms with Crippen molar-refractivity contribution in [3.63, 3.8) is 0 Å². The Kier molecular flexibility index (Phi) is 4.91. The molecule has 1 aliphatic carbocycles. The van der Waals surface area contributed by atoms with Crippen LogP contribution in [0.5, 0.6) is 0 Å². The molecule has 25 heavy (non-hydrogen) atoms. The fraction of sp³-hybridized carbons (Fsp3) is 0.750. The molecule has 1 aromatic heterocycles. The molecule has 2 fully saturated rings. The Morgan fingerprint density at radius 2 is 2.08 bits per heavy atom. The van der Waals surface area contributed by atoms with Crippen LogP contribution in [-0.4, -0.2) is 47.8 Å². The van der Waals surface area contributed by atoms with Crippen LogP contribution in [0.2, 0.25) is 0 Å². The number of carbonyl (C=O) groups excluding carboxylic acids is 1. The van der Waals surface area contributed by atoms with Crippen molar-refractivity contribution in [2.75, 3.05) is 26.3 Å². The van der Waals surface area contributed by atoms with E-state index in [9.17, 15) is 9.90 Å². The van der Waals surface area contributed by atoms with Gasteiger partial charge in [0.05, 0.1) is 10.5 Å². The number of carbonyl (C=O) groups is 1. The number of nitrogens with zero attached hydrogens (tertiary/aromatic N) is 1. The number of aliphatic hydroxyl groups is 1. The highest BCUT2D eigenvalue weighted by atomic mass is 32.1. The summed E-state index contributed by atoms with van der Waals surface area (Å²) in [6.07, 6.45) is 7.19. The molecule has 0 aromatic carbocycles. The van der Waals surface area contributed by atoms with Crippen LogP contribution >= 0.6 is 11.3 Å². The van der Waals surface area contributed by atoms with E-state index in [1.54, 1.807) is 11.3 Å². The van der Waals surface area contributed by atoms with E-state index in [1.165, 1.54) is 24.0 Å². The van der Waals surface area contributed by atoms with Gasteiger partial charge in [-0.1, -0.05) is 6.92 Å². The monoisotopic (exact) mass is 363 g/mol. The number of rotatable bonds is 2. The molecule has 1 amide bonds. The van der Waals surface area contributed by atoms with Crippen molar-refractivity contribution in [1.82, 2.24) is 4.90 Å². The first-order valence-corrected chi connectivity index (χ1v) is 10.7. The van der Waals surface area contributed by atoms with Crippen molar-refractivity contribution >= 4 is 17.2 Å². The number of aryl methyl sites for hydroxylation is 1. The summed E-state index contributed by atoms with van der Waals surface area (Å²) in [5.74, 6) is 0.612. The smallest absolute Gasteiger partial charge is 0.264 e. The van der Waals surface area contributed by atoms with Gasteiger partial charge in [-0.15, -0.1) is 11.3 Å². The average molecular weight is 364 g/mol. The highest BCUT2D eigenvalue weighted by Gasteiger charge is 2.46. The van der Waals surface area contributed by atoms with Gasteiger partial charge in [-0.05, 0) is 67.4 Å². The van der Waals surface area contributed by atoms with Gasteiger partial charge in [0.25, 0.3) is 5.91 Å². The minimum absolute atomic E-state index is 0.115. The van der Waals surface area contributed by atoms with Crippen LogP contribution in [0.25, 0.3) is 0 Å². The van der Waals surface area contributed by atoms with Gasteiger partial charge in [0.2, 0.25) is 0 Å². The van der Waals surface area contributed by atoms with Crippen molar-refractivity contribution in [2.24, 2.45) is 11.8 Å². The third kappa shape index (κ3) is 3.15. The van der Waals surface area contributed by atoms with E-state index < -0.39 is 5.60 Å². The number of hydrogen-bond donors (Lipinski definition) is 1. The van der Waals surface area contributed by atoms with E-state index in [4.69, 9.17) is 4.74 Å². The summed E-state index contributed by atoms with van der Waals surface area (Å²) in [4.78, 5) is 16.0. The number of piperidine rings is 1. The lowest BCUT2D eigenvalue weighted by Crippen LogP contribution is -2.56. The van der Waals surface area contributed by atoms with Crippen LogP contribution in [0.1, 0.15) is 59.8 Å². The second-order valence-corrected chi connectivity index (χ2v) is 8.94. The molecule has 0 spiro atoms. The third-order valence-corrected chi connectivity index (χ3v) is 7.70. The second kappa shape index (κ2) is 7.01. The number of hydrogen-bond acceptors (Lipinski definition) is 4. The van der Waals surface area contributed by atoms with Crippen molar-refractivity contribution in [3.05, 3.63) is 21.4 Å². The Hall–Kier alpha value is -0.910. The molecule has 2 aliphatic heterocycles. The molecule has 2 saturated heterocycles. The maximum atomic E-state index is 13.1. The Labute approximate surface area is 154 Å². The quantitative estimate of drug-likeness (QED) is 0.877. The largest absolute Gasteiger partial charge is 0.389 e. The maximum absolute atomic E-state index is 13.1. The fourth-order valence-corrected chi connectivity index (χ4v) is 6.10. The number of amides is 1. The van der Waals surface area contributed by atoms with Crippen LogP contribution < -0.4 is 0 Å². The normalized spacial score (nSPS) is 31.0. The first-order valence-electron chi connectivity index (χ1n) is 9.78. The van der Waals surface area contributed by atoms with Crippen LogP contribution in [-0.2, 0) is 17.6 Å². The lowest BCUT2D eigenvalue weighted by molar-refractivity contribution is -0.125. The van der Waals surface area contributed by atoms with E-state index in [0.29, 0.717) is 25.4 Å². The molecule has 5 heteroatoms. The van der Waals surface area contributed by atoms with E-state index in [0.717, 1.165) is 43.8 Å². The molecule has 1 aromatic rings. The molecule has 138 valence electrons. The van der Waals surface area contributed by atoms with Gasteiger partial charge < -0.3 is 14.7 Å². The Bertz CT molecular complexity index is 637. The van der Waals surface area contributed by atoms with Crippen molar-refractivity contribution in [1.29, 1.82) is 0 Å². The molecule has 4 rings (SSSR count). The molecule has 0 radical (unpaired) electrons. The molecule has 4 nitrogen and oxygen atoms in total. The lowest BCUT2D eigenvalue weighted by Gasteiger charge is -2.48. The average Bonchev–Trinajstić information content (AvgIpc) is 3.08. The summed E-state index contributed by atoms with van der Waals surface area (Å²) in [6.45, 7) is 4.95. The van der Waals surface area contributed by atoms with E-state index in [2.05, 4.69) is 12.3 Å². The van der Waals surface area contributed by atoms with Crippen LogP contribution in [0.4, 0.5) is 0 Å². The van der Waals surface area contributed by atoms with Gasteiger partial charge in [0.1, 0.15) is 0 Å². The predicted octanol–water partition coefficient (Wildman–Crippen LogP) is 3.27. The molecule has 3 heterocycles. The summed E-state index contributed by atoms with van der Waals surface area (Å²) in [5, 5.41) is 13.5. The summed E-state index contributed by atoms with van der Waals surface area (Å²) in [6, 6.07) is 0. The molecule has 3 aliphatic rings. The standard InChI is InChI=1S/C20H29NO3S/c1-14-12-21(9-8-20(14,23)16-6-10-24-11-7-16)19(22)18-17-5-3-2-4-15(17)13-25-18/h13-14,16,23H,2-12H2,1H3/t14-,20+/m1/s1. The molecule has 1 N–H and O–H groups in total. The summed E-state index contributed by atoms with van der Waals surface area (Å²) >= 11 is 1.63. The van der Waals surface area contributed by atoms with E-state index >= 15 is 0 Å². The molecule has 0 unspecified atom stereocenters. The summed E-state index contributed by atoms with van der Waals surface area (Å²) in [5.41, 5.74) is 2.05. The van der Waals surface area contributed by atoms with Crippen LogP contribution in [0.3, 0.4) is 0 Å². The van der Waals surface area contributed by atoms with Gasteiger partial charge in [-0.25, -0.2) is 0 Å². The van der Waals surface area contributed by atoms with Crippen LogP contribution in [0.15, 0.2) is 5.38 Å². The lowest BCUT2D eigenvalue weighted by atomic mass is 9.70. The molecule has 2 atom stereocenters. The number of thiophene rings is 1. The van der Waals surface area contributed by atoms with Gasteiger partial charge in [0.15, 0.2) is 0 Å². The third-order valence-electron chi connectivity index (χ3n) is 6.64. The first kappa shape index (κ1) is 17.5. The Balaban J connectivity index is 1.47. The summed E-state index contributed by atoms with van der Waals surface area (Å²) < 4.78 is 5.46. The minimum atomic E-state index is -0.643. The van der Waals surface area contributed by atoms with E-state index in [-0.39, 0.29) is 11.8 Å². The van der Waals surface area contributed by atoms with Gasteiger partial charge in [0, 0.05) is 32.2 Å². The zero-order chi connectivity index (χ0) is 17.4. The Morgan fingerprint density at radius 3 is 2.84 bits per heavy atom.